The number of rotatable bonds is 3. The molecule has 1 aliphatic heterocycles. The minimum absolute atomic E-state index is 0.0708. The van der Waals surface area contributed by atoms with Crippen molar-refractivity contribution in [2.45, 2.75) is 13.8 Å². The number of anilines is 1. The molecule has 0 bridgehead atoms. The van der Waals surface area contributed by atoms with Crippen molar-refractivity contribution in [3.05, 3.63) is 16.0 Å². The van der Waals surface area contributed by atoms with Gasteiger partial charge in [-0.25, -0.2) is 9.59 Å². The number of carbonyl (C=O) groups excluding carboxylic acids is 1. The summed E-state index contributed by atoms with van der Waals surface area (Å²) in [5.74, 6) is -0.898. The van der Waals surface area contributed by atoms with Gasteiger partial charge in [-0.1, -0.05) is 0 Å². The molecule has 6 nitrogen and oxygen atoms in total. The van der Waals surface area contributed by atoms with Gasteiger partial charge in [0, 0.05) is 30.5 Å². The molecule has 19 heavy (non-hydrogen) atoms. The number of carboxylic acid groups (broad SMARTS) is 1. The topological polar surface area (TPSA) is 89.9 Å². The highest BCUT2D eigenvalue weighted by molar-refractivity contribution is 7.16. The van der Waals surface area contributed by atoms with E-state index in [1.165, 1.54) is 11.3 Å². The first-order valence-electron chi connectivity index (χ1n) is 5.94. The molecule has 2 amide bonds. The number of urea groups is 1. The molecule has 0 saturated carbocycles. The van der Waals surface area contributed by atoms with Crippen LogP contribution in [0.3, 0.4) is 0 Å². The Hall–Kier alpha value is -1.60. The van der Waals surface area contributed by atoms with Crippen LogP contribution in [0, 0.1) is 19.8 Å². The molecule has 1 fully saturated rings. The maximum Gasteiger partial charge on any atom is 0.338 e. The number of nitrogens with zero attached hydrogens (tertiary/aromatic N) is 1. The normalized spacial score (nSPS) is 15.2. The van der Waals surface area contributed by atoms with Crippen LogP contribution in [0.25, 0.3) is 0 Å². The summed E-state index contributed by atoms with van der Waals surface area (Å²) < 4.78 is 0. The number of aliphatic hydroxyl groups excluding tert-OH is 1. The van der Waals surface area contributed by atoms with Gasteiger partial charge in [0.2, 0.25) is 0 Å². The van der Waals surface area contributed by atoms with Gasteiger partial charge < -0.3 is 15.1 Å². The summed E-state index contributed by atoms with van der Waals surface area (Å²) in [5.41, 5.74) is 0.847. The molecule has 2 heterocycles. The fourth-order valence-electron chi connectivity index (χ4n) is 2.00. The zero-order valence-electron chi connectivity index (χ0n) is 10.8. The summed E-state index contributed by atoms with van der Waals surface area (Å²) in [5, 5.41) is 21.1. The van der Waals surface area contributed by atoms with Crippen molar-refractivity contribution >= 4 is 28.3 Å². The van der Waals surface area contributed by atoms with Crippen LogP contribution in [0.1, 0.15) is 20.8 Å². The quantitative estimate of drug-likeness (QED) is 0.785. The average Bonchev–Trinajstić information content (AvgIpc) is 2.52. The largest absolute Gasteiger partial charge is 0.478 e. The van der Waals surface area contributed by atoms with Crippen molar-refractivity contribution in [2.75, 3.05) is 25.0 Å². The molecular weight excluding hydrogens is 268 g/mol. The molecule has 1 aromatic heterocycles. The van der Waals surface area contributed by atoms with E-state index >= 15 is 0 Å². The number of aryl methyl sites for hydroxylation is 1. The van der Waals surface area contributed by atoms with Crippen LogP contribution < -0.4 is 5.32 Å². The lowest BCUT2D eigenvalue weighted by Gasteiger charge is -2.37. The SMILES string of the molecule is Cc1sc(NC(=O)N2CC(CO)C2)c(C(=O)O)c1C. The third-order valence-corrected chi connectivity index (χ3v) is 4.44. The van der Waals surface area contributed by atoms with Crippen LogP contribution >= 0.6 is 11.3 Å². The highest BCUT2D eigenvalue weighted by Gasteiger charge is 2.31. The second-order valence-corrected chi connectivity index (χ2v) is 5.90. The summed E-state index contributed by atoms with van der Waals surface area (Å²) in [7, 11) is 0. The Balaban J connectivity index is 2.09. The van der Waals surface area contributed by atoms with E-state index in [-0.39, 0.29) is 24.1 Å². The molecule has 1 aliphatic rings. The van der Waals surface area contributed by atoms with Gasteiger partial charge in [0.1, 0.15) is 5.00 Å². The van der Waals surface area contributed by atoms with Crippen molar-refractivity contribution in [3.63, 3.8) is 0 Å². The summed E-state index contributed by atoms with van der Waals surface area (Å²) in [4.78, 5) is 25.5. The Labute approximate surface area is 114 Å². The zero-order valence-corrected chi connectivity index (χ0v) is 11.6. The van der Waals surface area contributed by atoms with Gasteiger partial charge in [-0.3, -0.25) is 5.32 Å². The van der Waals surface area contributed by atoms with Crippen molar-refractivity contribution < 1.29 is 19.8 Å². The molecule has 0 spiro atoms. The van der Waals surface area contributed by atoms with Gasteiger partial charge in [-0.2, -0.15) is 0 Å². The predicted molar refractivity (Wildman–Crippen MR) is 71.9 cm³/mol. The molecule has 1 saturated heterocycles. The number of carbonyl (C=O) groups is 2. The number of aromatic carboxylic acids is 1. The minimum Gasteiger partial charge on any atom is -0.478 e. The first-order chi connectivity index (χ1) is 8.93. The number of hydrogen-bond donors (Lipinski definition) is 3. The number of likely N-dealkylation sites (tertiary alicyclic amines) is 1. The van der Waals surface area contributed by atoms with Gasteiger partial charge in [0.15, 0.2) is 0 Å². The summed E-state index contributed by atoms with van der Waals surface area (Å²) in [6.07, 6.45) is 0. The van der Waals surface area contributed by atoms with E-state index in [4.69, 9.17) is 5.11 Å². The first kappa shape index (κ1) is 13.8. The fourth-order valence-corrected chi connectivity index (χ4v) is 3.04. The van der Waals surface area contributed by atoms with Crippen molar-refractivity contribution in [3.8, 4) is 0 Å². The number of nitrogens with one attached hydrogen (secondary N) is 1. The molecule has 0 unspecified atom stereocenters. The molecule has 7 heteroatoms. The Morgan fingerprint density at radius 1 is 1.42 bits per heavy atom. The predicted octanol–water partition coefficient (Wildman–Crippen LogP) is 1.52. The Bertz CT molecular complexity index is 520. The van der Waals surface area contributed by atoms with Gasteiger partial charge >= 0.3 is 12.0 Å². The maximum absolute atomic E-state index is 11.9. The monoisotopic (exact) mass is 284 g/mol. The van der Waals surface area contributed by atoms with Gasteiger partial charge in [0.05, 0.1) is 5.56 Å². The Morgan fingerprint density at radius 2 is 2.05 bits per heavy atom. The molecular formula is C12H16N2O4S. The van der Waals surface area contributed by atoms with Crippen molar-refractivity contribution in [1.29, 1.82) is 0 Å². The highest BCUT2D eigenvalue weighted by Crippen LogP contribution is 2.33. The first-order valence-corrected chi connectivity index (χ1v) is 6.75. The molecule has 104 valence electrons. The zero-order chi connectivity index (χ0) is 14.2. The standard InChI is InChI=1S/C12H16N2O4S/c1-6-7(2)19-10(9(6)11(16)17)13-12(18)14-3-8(4-14)5-15/h8,15H,3-5H2,1-2H3,(H,13,18)(H,16,17). The Kier molecular flexibility index (Phi) is 3.77. The van der Waals surface area contributed by atoms with Crippen LogP contribution in [0.2, 0.25) is 0 Å². The van der Waals surface area contributed by atoms with Crippen LogP contribution in [0.15, 0.2) is 0 Å². The third-order valence-electron chi connectivity index (χ3n) is 3.32. The molecule has 0 aromatic carbocycles. The van der Waals surface area contributed by atoms with Crippen LogP contribution in [0.5, 0.6) is 0 Å². The van der Waals surface area contributed by atoms with E-state index in [1.54, 1.807) is 11.8 Å². The number of carboxylic acids is 1. The molecule has 0 radical (unpaired) electrons. The molecule has 2 rings (SSSR count). The van der Waals surface area contributed by atoms with Crippen molar-refractivity contribution in [1.82, 2.24) is 4.90 Å². The van der Waals surface area contributed by atoms with Crippen LogP contribution in [0.4, 0.5) is 9.80 Å². The lowest BCUT2D eigenvalue weighted by molar-refractivity contribution is 0.0697. The number of thiophene rings is 1. The number of aliphatic hydroxyl groups is 1. The van der Waals surface area contributed by atoms with Crippen LogP contribution in [-0.4, -0.2) is 46.8 Å². The average molecular weight is 284 g/mol. The van der Waals surface area contributed by atoms with E-state index in [2.05, 4.69) is 5.32 Å². The van der Waals surface area contributed by atoms with Gasteiger partial charge in [0.25, 0.3) is 0 Å². The lowest BCUT2D eigenvalue weighted by atomic mass is 10.0. The maximum atomic E-state index is 11.9. The molecule has 1 aromatic rings. The highest BCUT2D eigenvalue weighted by atomic mass is 32.1. The van der Waals surface area contributed by atoms with E-state index in [9.17, 15) is 14.7 Å². The lowest BCUT2D eigenvalue weighted by Crippen LogP contribution is -2.52. The summed E-state index contributed by atoms with van der Waals surface area (Å²) in [6.45, 7) is 4.65. The van der Waals surface area contributed by atoms with Gasteiger partial charge in [-0.15, -0.1) is 11.3 Å². The third kappa shape index (κ3) is 2.57. The molecule has 0 atom stereocenters. The summed E-state index contributed by atoms with van der Waals surface area (Å²) in [6, 6.07) is -0.312. The minimum atomic E-state index is -1.03. The Morgan fingerprint density at radius 3 is 2.58 bits per heavy atom. The van der Waals surface area contributed by atoms with E-state index in [0.29, 0.717) is 23.7 Å². The van der Waals surface area contributed by atoms with Crippen molar-refractivity contribution in [2.24, 2.45) is 5.92 Å². The smallest absolute Gasteiger partial charge is 0.338 e. The number of amides is 2. The second kappa shape index (κ2) is 5.18. The molecule has 0 aliphatic carbocycles. The summed E-state index contributed by atoms with van der Waals surface area (Å²) >= 11 is 1.27. The van der Waals surface area contributed by atoms with E-state index < -0.39 is 5.97 Å². The van der Waals surface area contributed by atoms with Crippen LogP contribution in [-0.2, 0) is 0 Å². The second-order valence-electron chi connectivity index (χ2n) is 4.68. The van der Waals surface area contributed by atoms with Gasteiger partial charge in [-0.05, 0) is 19.4 Å². The van der Waals surface area contributed by atoms with E-state index in [0.717, 1.165) is 4.88 Å². The number of hydrogen-bond acceptors (Lipinski definition) is 4. The molecule has 3 N–H and O–H groups in total. The fraction of sp³-hybridized carbons (Fsp3) is 0.500. The van der Waals surface area contributed by atoms with E-state index in [1.807, 2.05) is 6.92 Å².